The van der Waals surface area contributed by atoms with Crippen LogP contribution < -0.4 is 16.4 Å². The highest BCUT2D eigenvalue weighted by atomic mass is 32.1. The molecule has 3 amide bonds. The van der Waals surface area contributed by atoms with Gasteiger partial charge < -0.3 is 25.8 Å². The predicted molar refractivity (Wildman–Crippen MR) is 139 cm³/mol. The van der Waals surface area contributed by atoms with Crippen LogP contribution in [0, 0.1) is 12.8 Å². The quantitative estimate of drug-likeness (QED) is 0.419. The molecule has 0 bridgehead atoms. The maximum Gasteiger partial charge on any atom is 0.407 e. The second-order valence-corrected chi connectivity index (χ2v) is 10.1. The molecule has 9 nitrogen and oxygen atoms in total. The Morgan fingerprint density at radius 1 is 1.20 bits per heavy atom. The minimum atomic E-state index is -0.993. The highest BCUT2D eigenvalue weighted by Crippen LogP contribution is 2.43. The van der Waals surface area contributed by atoms with E-state index in [1.54, 1.807) is 19.3 Å². The number of nitrogens with one attached hydrogen (secondary N) is 2. The number of methoxy groups -OCH3 is 1. The van der Waals surface area contributed by atoms with Gasteiger partial charge in [0.2, 0.25) is 11.8 Å². The molecule has 1 heterocycles. The Morgan fingerprint density at radius 2 is 1.89 bits per heavy atom. The Morgan fingerprint density at radius 3 is 2.43 bits per heavy atom. The van der Waals surface area contributed by atoms with Crippen LogP contribution in [0.1, 0.15) is 70.9 Å². The standard InChI is InChI=1S/C18H25N3O3S.C7H15NO2/c1-4-5-6-10-14(22)21-17-20-12(2)15(25-17)18(24-3)11-8-7-9-13(18)16(19)23;1-5-8-6(9)10-7(2,3)4/h7-9,11,13H,4-6,10H2,1-3H3,(H2,19,23)(H,20,21,22);5H2,1-4H3,(H,8,9). The van der Waals surface area contributed by atoms with E-state index in [0.29, 0.717) is 23.8 Å². The monoisotopic (exact) mass is 508 g/mol. The van der Waals surface area contributed by atoms with E-state index < -0.39 is 17.4 Å². The molecule has 0 radical (unpaired) electrons. The molecule has 1 aliphatic carbocycles. The van der Waals surface area contributed by atoms with Gasteiger partial charge in [0.25, 0.3) is 0 Å². The summed E-state index contributed by atoms with van der Waals surface area (Å²) in [5.74, 6) is -1.15. The van der Waals surface area contributed by atoms with Crippen molar-refractivity contribution in [3.05, 3.63) is 34.9 Å². The van der Waals surface area contributed by atoms with E-state index in [0.717, 1.165) is 24.1 Å². The number of rotatable bonds is 9. The maximum atomic E-state index is 12.0. The average molecular weight is 509 g/mol. The fourth-order valence-electron chi connectivity index (χ4n) is 3.42. The molecule has 0 fully saturated rings. The number of thiazole rings is 1. The number of alkyl carbamates (subject to hydrolysis) is 1. The van der Waals surface area contributed by atoms with Crippen molar-refractivity contribution in [2.24, 2.45) is 11.7 Å². The van der Waals surface area contributed by atoms with E-state index in [-0.39, 0.29) is 17.6 Å². The van der Waals surface area contributed by atoms with Crippen LogP contribution in [0.25, 0.3) is 0 Å². The van der Waals surface area contributed by atoms with Crippen molar-refractivity contribution in [3.63, 3.8) is 0 Å². The summed E-state index contributed by atoms with van der Waals surface area (Å²) in [5, 5.41) is 5.89. The van der Waals surface area contributed by atoms with Gasteiger partial charge in [0.1, 0.15) is 11.2 Å². The third kappa shape index (κ3) is 9.45. The molecule has 4 N–H and O–H groups in total. The smallest absolute Gasteiger partial charge is 0.407 e. The predicted octanol–water partition coefficient (Wildman–Crippen LogP) is 4.57. The number of carbonyl (C=O) groups excluding carboxylic acids is 3. The van der Waals surface area contributed by atoms with Gasteiger partial charge in [0, 0.05) is 20.1 Å². The molecule has 0 aliphatic heterocycles. The summed E-state index contributed by atoms with van der Waals surface area (Å²) in [4.78, 5) is 39.9. The van der Waals surface area contributed by atoms with Gasteiger partial charge in [-0.3, -0.25) is 9.59 Å². The minimum absolute atomic E-state index is 0.0502. The molecule has 0 aromatic carbocycles. The average Bonchev–Trinajstić information content (AvgIpc) is 3.13. The summed E-state index contributed by atoms with van der Waals surface area (Å²) >= 11 is 1.32. The largest absolute Gasteiger partial charge is 0.444 e. The van der Waals surface area contributed by atoms with Crippen molar-refractivity contribution in [2.45, 2.75) is 78.4 Å². The fourth-order valence-corrected chi connectivity index (χ4v) is 4.59. The van der Waals surface area contributed by atoms with E-state index in [9.17, 15) is 14.4 Å². The lowest BCUT2D eigenvalue weighted by Crippen LogP contribution is -2.42. The lowest BCUT2D eigenvalue weighted by Gasteiger charge is -2.35. The van der Waals surface area contributed by atoms with E-state index in [1.807, 2.05) is 46.8 Å². The van der Waals surface area contributed by atoms with E-state index in [4.69, 9.17) is 15.2 Å². The molecule has 196 valence electrons. The lowest BCUT2D eigenvalue weighted by atomic mass is 9.81. The number of nitrogens with two attached hydrogens (primary N) is 1. The molecule has 1 aromatic rings. The summed E-state index contributed by atoms with van der Waals surface area (Å²) in [6, 6.07) is 0. The molecule has 35 heavy (non-hydrogen) atoms. The first-order valence-electron chi connectivity index (χ1n) is 11.8. The second-order valence-electron chi connectivity index (χ2n) is 9.09. The second kappa shape index (κ2) is 14.0. The number of anilines is 1. The van der Waals surface area contributed by atoms with Gasteiger partial charge in [-0.2, -0.15) is 0 Å². The third-order valence-electron chi connectivity index (χ3n) is 4.99. The van der Waals surface area contributed by atoms with Gasteiger partial charge in [-0.1, -0.05) is 49.3 Å². The third-order valence-corrected chi connectivity index (χ3v) is 6.20. The van der Waals surface area contributed by atoms with Gasteiger partial charge >= 0.3 is 6.09 Å². The van der Waals surface area contributed by atoms with Crippen LogP contribution in [-0.2, 0) is 24.7 Å². The molecule has 0 saturated heterocycles. The number of ether oxygens (including phenoxy) is 2. The maximum absolute atomic E-state index is 12.0. The number of amides is 3. The van der Waals surface area contributed by atoms with E-state index in [2.05, 4.69) is 22.5 Å². The highest BCUT2D eigenvalue weighted by Gasteiger charge is 2.44. The fraction of sp³-hybridized carbons (Fsp3) is 0.600. The SMILES string of the molecule is CCCCCC(=O)Nc1nc(C)c(C2(OC)C=CC=CC2C(N)=O)s1.CCNC(=O)OC(C)(C)C. The topological polar surface area (TPSA) is 133 Å². The number of hydrogen-bond donors (Lipinski definition) is 3. The number of hydrogen-bond acceptors (Lipinski definition) is 7. The number of carbonyl (C=O) groups is 3. The van der Waals surface area contributed by atoms with Crippen molar-refractivity contribution in [1.82, 2.24) is 10.3 Å². The van der Waals surface area contributed by atoms with Crippen LogP contribution in [0.3, 0.4) is 0 Å². The Hall–Kier alpha value is -2.72. The van der Waals surface area contributed by atoms with Crippen LogP contribution in [0.4, 0.5) is 9.93 Å². The number of unbranched alkanes of at least 4 members (excludes halogenated alkanes) is 2. The molecule has 2 rings (SSSR count). The van der Waals surface area contributed by atoms with Crippen LogP contribution >= 0.6 is 11.3 Å². The van der Waals surface area contributed by atoms with Crippen LogP contribution in [-0.4, -0.2) is 42.1 Å². The molecular formula is C25H40N4O5S. The number of aryl methyl sites for hydroxylation is 1. The van der Waals surface area contributed by atoms with Crippen LogP contribution in [0.15, 0.2) is 24.3 Å². The number of primary amides is 1. The Bertz CT molecular complexity index is 919. The zero-order valence-corrected chi connectivity index (χ0v) is 22.7. The first-order valence-corrected chi connectivity index (χ1v) is 12.7. The Balaban J connectivity index is 0.000000518. The van der Waals surface area contributed by atoms with Crippen molar-refractivity contribution in [3.8, 4) is 0 Å². The zero-order chi connectivity index (χ0) is 26.6. The van der Waals surface area contributed by atoms with Crippen molar-refractivity contribution in [2.75, 3.05) is 19.0 Å². The Labute approximate surface area is 212 Å². The van der Waals surface area contributed by atoms with Crippen molar-refractivity contribution in [1.29, 1.82) is 0 Å². The molecule has 1 aliphatic rings. The van der Waals surface area contributed by atoms with E-state index in [1.165, 1.54) is 11.3 Å². The number of aromatic nitrogens is 1. The molecule has 2 atom stereocenters. The zero-order valence-electron chi connectivity index (χ0n) is 21.9. The summed E-state index contributed by atoms with van der Waals surface area (Å²) in [6.07, 6.45) is 10.2. The summed E-state index contributed by atoms with van der Waals surface area (Å²) in [7, 11) is 1.54. The van der Waals surface area contributed by atoms with Crippen molar-refractivity contribution >= 4 is 34.4 Å². The molecule has 2 unspecified atom stereocenters. The Kier molecular flexibility index (Phi) is 12.1. The molecule has 1 aromatic heterocycles. The molecule has 0 spiro atoms. The van der Waals surface area contributed by atoms with Gasteiger partial charge in [0.15, 0.2) is 5.13 Å². The summed E-state index contributed by atoms with van der Waals surface area (Å²) in [6.45, 7) is 11.9. The first kappa shape index (κ1) is 30.3. The first-order chi connectivity index (χ1) is 16.4. The molecule has 0 saturated carbocycles. The van der Waals surface area contributed by atoms with Crippen molar-refractivity contribution < 1.29 is 23.9 Å². The summed E-state index contributed by atoms with van der Waals surface area (Å²) < 4.78 is 10.7. The lowest BCUT2D eigenvalue weighted by molar-refractivity contribution is -0.128. The van der Waals surface area contributed by atoms with Gasteiger partial charge in [-0.15, -0.1) is 0 Å². The molecular weight excluding hydrogens is 468 g/mol. The highest BCUT2D eigenvalue weighted by molar-refractivity contribution is 7.16. The van der Waals surface area contributed by atoms with Gasteiger partial charge in [-0.25, -0.2) is 9.78 Å². The minimum Gasteiger partial charge on any atom is -0.444 e. The molecule has 10 heteroatoms. The normalized spacial score (nSPS) is 18.9. The number of allylic oxidation sites excluding steroid dienone is 2. The van der Waals surface area contributed by atoms with Crippen LogP contribution in [0.2, 0.25) is 0 Å². The van der Waals surface area contributed by atoms with Crippen LogP contribution in [0.5, 0.6) is 0 Å². The number of nitrogens with zero attached hydrogens (tertiary/aromatic N) is 1. The van der Waals surface area contributed by atoms with Gasteiger partial charge in [-0.05, 0) is 47.1 Å². The summed E-state index contributed by atoms with van der Waals surface area (Å²) in [5.41, 5.74) is 4.90. The van der Waals surface area contributed by atoms with Gasteiger partial charge in [0.05, 0.1) is 16.5 Å². The van der Waals surface area contributed by atoms with E-state index >= 15 is 0 Å².